The van der Waals surface area contributed by atoms with Gasteiger partial charge >= 0.3 is 0 Å². The molecule has 4 aromatic rings. The Kier molecular flexibility index (Phi) is 6.05. The molecular formula is C21H15F2IN8O. The number of hydrogen-bond acceptors (Lipinski definition) is 8. The Morgan fingerprint density at radius 3 is 2.64 bits per heavy atom. The number of anilines is 3. The van der Waals surface area contributed by atoms with E-state index in [9.17, 15) is 18.8 Å². The van der Waals surface area contributed by atoms with Crippen LogP contribution >= 0.6 is 22.6 Å². The van der Waals surface area contributed by atoms with Crippen LogP contribution in [0.2, 0.25) is 0 Å². The molecule has 0 aliphatic heterocycles. The van der Waals surface area contributed by atoms with Crippen molar-refractivity contribution in [3.8, 4) is 11.8 Å². The molecule has 33 heavy (non-hydrogen) atoms. The molecule has 0 atom stereocenters. The van der Waals surface area contributed by atoms with Crippen molar-refractivity contribution >= 4 is 51.1 Å². The Hall–Kier alpha value is -3.86. The van der Waals surface area contributed by atoms with E-state index in [4.69, 9.17) is 11.5 Å². The van der Waals surface area contributed by atoms with Crippen molar-refractivity contribution in [1.82, 2.24) is 19.5 Å². The number of halogens is 3. The van der Waals surface area contributed by atoms with Crippen LogP contribution < -0.4 is 22.3 Å². The number of aromatic nitrogens is 4. The summed E-state index contributed by atoms with van der Waals surface area (Å²) < 4.78 is 29.6. The molecule has 0 saturated heterocycles. The van der Waals surface area contributed by atoms with E-state index in [1.165, 1.54) is 28.8 Å². The van der Waals surface area contributed by atoms with Crippen LogP contribution in [0.3, 0.4) is 0 Å². The first kappa shape index (κ1) is 22.3. The van der Waals surface area contributed by atoms with E-state index in [-0.39, 0.29) is 47.2 Å². The van der Waals surface area contributed by atoms with Crippen molar-refractivity contribution in [3.63, 3.8) is 0 Å². The summed E-state index contributed by atoms with van der Waals surface area (Å²) >= 11 is 1.91. The zero-order valence-electron chi connectivity index (χ0n) is 16.8. The molecule has 166 valence electrons. The number of nitrogens with one attached hydrogen (secondary N) is 1. The van der Waals surface area contributed by atoms with Crippen LogP contribution in [0.25, 0.3) is 16.6 Å². The molecule has 0 amide bonds. The molecule has 0 aliphatic carbocycles. The molecule has 2 aromatic heterocycles. The summed E-state index contributed by atoms with van der Waals surface area (Å²) in [7, 11) is 0. The van der Waals surface area contributed by atoms with Crippen molar-refractivity contribution in [3.05, 3.63) is 73.3 Å². The average molecular weight is 560 g/mol. The fourth-order valence-corrected chi connectivity index (χ4v) is 4.04. The fourth-order valence-electron chi connectivity index (χ4n) is 3.34. The lowest BCUT2D eigenvalue weighted by Crippen LogP contribution is -2.26. The van der Waals surface area contributed by atoms with Gasteiger partial charge in [0.05, 0.1) is 16.6 Å². The molecule has 2 aromatic carbocycles. The summed E-state index contributed by atoms with van der Waals surface area (Å²) in [5.41, 5.74) is 11.4. The summed E-state index contributed by atoms with van der Waals surface area (Å²) in [6.45, 7) is 0.176. The third-order valence-corrected chi connectivity index (χ3v) is 5.56. The van der Waals surface area contributed by atoms with E-state index in [0.717, 1.165) is 6.07 Å². The molecule has 0 unspecified atom stereocenters. The lowest BCUT2D eigenvalue weighted by molar-refractivity contribution is 0.624. The second-order valence-electron chi connectivity index (χ2n) is 6.91. The average Bonchev–Trinajstić information content (AvgIpc) is 2.74. The summed E-state index contributed by atoms with van der Waals surface area (Å²) in [5.74, 6) is -0.851. The third-order valence-electron chi connectivity index (χ3n) is 4.73. The van der Waals surface area contributed by atoms with Crippen LogP contribution in [0.15, 0.2) is 41.2 Å². The third kappa shape index (κ3) is 4.40. The SMILES string of the molecule is N#Cc1c(N)nc(N)nc1NCCc1nc2c(I)cc(F)cc2c(=O)n1-c1cccc(F)c1. The molecule has 0 saturated carbocycles. The normalized spacial score (nSPS) is 10.8. The fraction of sp³-hybridized carbons (Fsp3) is 0.0952. The molecule has 0 radical (unpaired) electrons. The molecule has 2 heterocycles. The molecule has 0 spiro atoms. The van der Waals surface area contributed by atoms with Gasteiger partial charge in [-0.15, -0.1) is 0 Å². The number of fused-ring (bicyclic) bond motifs is 1. The molecule has 0 bridgehead atoms. The monoisotopic (exact) mass is 560 g/mol. The minimum atomic E-state index is -0.575. The summed E-state index contributed by atoms with van der Waals surface area (Å²) in [4.78, 5) is 25.6. The van der Waals surface area contributed by atoms with Gasteiger partial charge in [-0.2, -0.15) is 15.2 Å². The van der Waals surface area contributed by atoms with Crippen LogP contribution in [-0.4, -0.2) is 26.1 Å². The predicted molar refractivity (Wildman–Crippen MR) is 128 cm³/mol. The van der Waals surface area contributed by atoms with E-state index in [1.807, 2.05) is 28.7 Å². The highest BCUT2D eigenvalue weighted by Crippen LogP contribution is 2.22. The second kappa shape index (κ2) is 8.94. The maximum atomic E-state index is 14.0. The second-order valence-corrected chi connectivity index (χ2v) is 8.07. The number of rotatable bonds is 5. The zero-order chi connectivity index (χ0) is 23.7. The van der Waals surface area contributed by atoms with Gasteiger partial charge in [-0.1, -0.05) is 6.07 Å². The number of nitriles is 1. The number of nitrogens with zero attached hydrogens (tertiary/aromatic N) is 5. The van der Waals surface area contributed by atoms with Crippen LogP contribution in [0.4, 0.5) is 26.4 Å². The highest BCUT2D eigenvalue weighted by atomic mass is 127. The highest BCUT2D eigenvalue weighted by Gasteiger charge is 2.17. The topological polar surface area (TPSA) is 149 Å². The standard InChI is InChI=1S/C21H15F2IN8O/c22-10-2-1-3-12(6-10)32-16(29-17-13(20(32)33)7-11(23)8-15(17)24)4-5-28-19-14(9-25)18(26)30-21(27)31-19/h1-3,6-8H,4-5H2,(H5,26,27,28,30,31). The Bertz CT molecular complexity index is 1500. The van der Waals surface area contributed by atoms with Crippen molar-refractivity contribution in [1.29, 1.82) is 5.26 Å². The lowest BCUT2D eigenvalue weighted by atomic mass is 10.2. The van der Waals surface area contributed by atoms with E-state index in [2.05, 4.69) is 20.3 Å². The lowest BCUT2D eigenvalue weighted by Gasteiger charge is -2.15. The van der Waals surface area contributed by atoms with Gasteiger partial charge < -0.3 is 16.8 Å². The van der Waals surface area contributed by atoms with Gasteiger partial charge in [0.25, 0.3) is 5.56 Å². The molecule has 9 nitrogen and oxygen atoms in total. The highest BCUT2D eigenvalue weighted by molar-refractivity contribution is 14.1. The smallest absolute Gasteiger partial charge is 0.266 e. The quantitative estimate of drug-likeness (QED) is 0.316. The Morgan fingerprint density at radius 2 is 1.91 bits per heavy atom. The van der Waals surface area contributed by atoms with Crippen LogP contribution in [0, 0.1) is 26.5 Å². The minimum absolute atomic E-state index is 0.0308. The number of benzene rings is 2. The van der Waals surface area contributed by atoms with Gasteiger partial charge in [-0.3, -0.25) is 9.36 Å². The first-order valence-electron chi connectivity index (χ1n) is 9.52. The summed E-state index contributed by atoms with van der Waals surface area (Å²) in [5, 5.41) is 12.3. The maximum absolute atomic E-state index is 14.0. The minimum Gasteiger partial charge on any atom is -0.382 e. The van der Waals surface area contributed by atoms with Gasteiger partial charge in [-0.25, -0.2) is 13.8 Å². The van der Waals surface area contributed by atoms with E-state index in [1.54, 1.807) is 6.07 Å². The molecule has 4 rings (SSSR count). The van der Waals surface area contributed by atoms with Crippen molar-refractivity contribution in [2.45, 2.75) is 6.42 Å². The van der Waals surface area contributed by atoms with E-state index < -0.39 is 17.2 Å². The van der Waals surface area contributed by atoms with Crippen LogP contribution in [0.1, 0.15) is 11.4 Å². The van der Waals surface area contributed by atoms with Gasteiger partial charge in [0.1, 0.15) is 34.9 Å². The number of hydrogen-bond donors (Lipinski definition) is 3. The molecule has 0 aliphatic rings. The number of nitrogen functional groups attached to an aromatic ring is 2. The van der Waals surface area contributed by atoms with E-state index in [0.29, 0.717) is 14.9 Å². The number of nitrogens with two attached hydrogens (primary N) is 2. The molecule has 5 N–H and O–H groups in total. The van der Waals surface area contributed by atoms with Crippen molar-refractivity contribution in [2.24, 2.45) is 0 Å². The Labute approximate surface area is 199 Å². The maximum Gasteiger partial charge on any atom is 0.266 e. The Morgan fingerprint density at radius 1 is 1.12 bits per heavy atom. The van der Waals surface area contributed by atoms with E-state index >= 15 is 0 Å². The van der Waals surface area contributed by atoms with Crippen molar-refractivity contribution in [2.75, 3.05) is 23.3 Å². The largest absolute Gasteiger partial charge is 0.382 e. The summed E-state index contributed by atoms with van der Waals surface area (Å²) in [6, 6.07) is 9.75. The molecule has 12 heteroatoms. The van der Waals surface area contributed by atoms with Crippen LogP contribution in [0.5, 0.6) is 0 Å². The zero-order valence-corrected chi connectivity index (χ0v) is 19.0. The Balaban J connectivity index is 1.79. The molecule has 0 fully saturated rings. The molecular weight excluding hydrogens is 545 g/mol. The first-order chi connectivity index (χ1) is 15.8. The van der Waals surface area contributed by atoms with Gasteiger partial charge in [0, 0.05) is 16.5 Å². The summed E-state index contributed by atoms with van der Waals surface area (Å²) in [6.07, 6.45) is 0.170. The van der Waals surface area contributed by atoms with Crippen molar-refractivity contribution < 1.29 is 8.78 Å². The van der Waals surface area contributed by atoms with Gasteiger partial charge in [0.15, 0.2) is 5.82 Å². The first-order valence-corrected chi connectivity index (χ1v) is 10.6. The predicted octanol–water partition coefficient (Wildman–Crippen LogP) is 2.75. The van der Waals surface area contributed by atoms with Gasteiger partial charge in [-0.05, 0) is 52.9 Å². The van der Waals surface area contributed by atoms with Gasteiger partial charge in [0.2, 0.25) is 5.95 Å². The van der Waals surface area contributed by atoms with Crippen LogP contribution in [-0.2, 0) is 6.42 Å².